The summed E-state index contributed by atoms with van der Waals surface area (Å²) < 4.78 is 33.8. The zero-order chi connectivity index (χ0) is 17.8. The highest BCUT2D eigenvalue weighted by molar-refractivity contribution is 5.33. The molecule has 0 aliphatic heterocycles. The fourth-order valence-electron chi connectivity index (χ4n) is 4.75. The Kier molecular flexibility index (Phi) is 6.14. The van der Waals surface area contributed by atoms with Gasteiger partial charge in [0.2, 0.25) is 5.82 Å². The van der Waals surface area contributed by atoms with E-state index in [0.717, 1.165) is 43.4 Å². The van der Waals surface area contributed by atoms with E-state index in [-0.39, 0.29) is 11.7 Å². The van der Waals surface area contributed by atoms with Crippen molar-refractivity contribution in [2.75, 3.05) is 0 Å². The van der Waals surface area contributed by atoms with Gasteiger partial charge in [-0.3, -0.25) is 0 Å². The molecule has 0 saturated heterocycles. The molecule has 0 amide bonds. The molecule has 0 aromatic heterocycles. The largest absolute Gasteiger partial charge is 0.462 e. The summed E-state index contributed by atoms with van der Waals surface area (Å²) in [4.78, 5) is 0. The Morgan fingerprint density at radius 2 is 1.48 bits per heavy atom. The van der Waals surface area contributed by atoms with Crippen LogP contribution in [0, 0.1) is 29.4 Å². The summed E-state index contributed by atoms with van der Waals surface area (Å²) in [5.41, 5.74) is 0.529. The lowest BCUT2D eigenvalue weighted by Crippen LogP contribution is -2.25. The molecule has 1 aromatic rings. The number of ether oxygens (including phenoxy) is 1. The van der Waals surface area contributed by atoms with Crippen LogP contribution in [0.4, 0.5) is 8.78 Å². The Bertz CT molecular complexity index is 594. The van der Waals surface area contributed by atoms with Gasteiger partial charge in [0.05, 0.1) is 6.26 Å². The van der Waals surface area contributed by atoms with Crippen LogP contribution in [0.5, 0.6) is 5.75 Å². The second-order valence-electron chi connectivity index (χ2n) is 8.00. The molecular weight excluding hydrogens is 318 g/mol. The first-order valence-corrected chi connectivity index (χ1v) is 9.85. The van der Waals surface area contributed by atoms with Gasteiger partial charge in [-0.25, -0.2) is 4.39 Å². The van der Waals surface area contributed by atoms with Crippen LogP contribution in [0.3, 0.4) is 0 Å². The minimum atomic E-state index is -0.862. The summed E-state index contributed by atoms with van der Waals surface area (Å²) in [5, 5.41) is 0. The number of allylic oxidation sites excluding steroid dienone is 1. The maximum Gasteiger partial charge on any atom is 0.201 e. The van der Waals surface area contributed by atoms with Crippen LogP contribution in [-0.4, -0.2) is 0 Å². The summed E-state index contributed by atoms with van der Waals surface area (Å²) >= 11 is 0. The lowest BCUT2D eigenvalue weighted by atomic mass is 9.68. The number of hydrogen-bond donors (Lipinski definition) is 0. The zero-order valence-electron chi connectivity index (χ0n) is 15.4. The predicted octanol–water partition coefficient (Wildman–Crippen LogP) is 6.98. The molecule has 25 heavy (non-hydrogen) atoms. The molecule has 0 N–H and O–H groups in total. The first kappa shape index (κ1) is 18.4. The molecule has 0 unspecified atom stereocenters. The molecule has 0 bridgehead atoms. The summed E-state index contributed by atoms with van der Waals surface area (Å²) in [6.07, 6.45) is 12.7. The summed E-state index contributed by atoms with van der Waals surface area (Å²) in [6, 6.07) is 3.27. The lowest BCUT2D eigenvalue weighted by Gasteiger charge is -2.37. The average molecular weight is 348 g/mol. The maximum absolute atomic E-state index is 14.5. The Morgan fingerprint density at radius 3 is 2.08 bits per heavy atom. The molecule has 2 fully saturated rings. The molecule has 2 aliphatic rings. The van der Waals surface area contributed by atoms with E-state index in [1.54, 1.807) is 25.1 Å². The summed E-state index contributed by atoms with van der Waals surface area (Å²) in [6.45, 7) is 4.13. The smallest absolute Gasteiger partial charge is 0.201 e. The number of hydrogen-bond acceptors (Lipinski definition) is 1. The van der Waals surface area contributed by atoms with Crippen molar-refractivity contribution in [3.63, 3.8) is 0 Å². The van der Waals surface area contributed by atoms with E-state index in [4.69, 9.17) is 4.74 Å². The van der Waals surface area contributed by atoms with Gasteiger partial charge in [0, 0.05) is 0 Å². The first-order valence-electron chi connectivity index (χ1n) is 9.85. The van der Waals surface area contributed by atoms with Gasteiger partial charge in [0.25, 0.3) is 0 Å². The van der Waals surface area contributed by atoms with Crippen molar-refractivity contribution in [3.8, 4) is 5.75 Å². The van der Waals surface area contributed by atoms with Crippen molar-refractivity contribution in [3.05, 3.63) is 41.7 Å². The molecule has 1 nitrogen and oxygen atoms in total. The Balaban J connectivity index is 1.62. The van der Waals surface area contributed by atoms with Crippen molar-refractivity contribution in [2.45, 2.75) is 71.1 Å². The van der Waals surface area contributed by atoms with Crippen molar-refractivity contribution < 1.29 is 13.5 Å². The van der Waals surface area contributed by atoms with Crippen LogP contribution in [-0.2, 0) is 0 Å². The topological polar surface area (TPSA) is 9.23 Å². The van der Waals surface area contributed by atoms with Gasteiger partial charge >= 0.3 is 0 Å². The Morgan fingerprint density at radius 1 is 0.880 bits per heavy atom. The average Bonchev–Trinajstić information content (AvgIpc) is 2.64. The van der Waals surface area contributed by atoms with Crippen LogP contribution < -0.4 is 4.74 Å². The highest BCUT2D eigenvalue weighted by atomic mass is 19.2. The van der Waals surface area contributed by atoms with Gasteiger partial charge in [-0.1, -0.05) is 31.9 Å². The van der Waals surface area contributed by atoms with E-state index in [1.165, 1.54) is 31.9 Å². The third-order valence-electron chi connectivity index (χ3n) is 6.35. The maximum atomic E-state index is 14.5. The van der Waals surface area contributed by atoms with Crippen LogP contribution in [0.1, 0.15) is 76.7 Å². The molecule has 0 atom stereocenters. The number of rotatable bonds is 4. The van der Waals surface area contributed by atoms with Crippen LogP contribution >= 0.6 is 0 Å². The normalized spacial score (nSPS) is 30.6. The molecule has 0 heterocycles. The van der Waals surface area contributed by atoms with Crippen LogP contribution in [0.2, 0.25) is 0 Å². The first-order chi connectivity index (χ1) is 12.1. The highest BCUT2D eigenvalue weighted by Crippen LogP contribution is 2.44. The van der Waals surface area contributed by atoms with Crippen molar-refractivity contribution in [1.29, 1.82) is 0 Å². The van der Waals surface area contributed by atoms with E-state index >= 15 is 0 Å². The van der Waals surface area contributed by atoms with Crippen molar-refractivity contribution >= 4 is 0 Å². The Hall–Kier alpha value is -1.38. The molecule has 3 rings (SSSR count). The van der Waals surface area contributed by atoms with E-state index in [0.29, 0.717) is 5.56 Å². The van der Waals surface area contributed by atoms with Gasteiger partial charge in [-0.15, -0.1) is 0 Å². The van der Waals surface area contributed by atoms with Gasteiger partial charge in [0.1, 0.15) is 0 Å². The fraction of sp³-hybridized carbons (Fsp3) is 0.636. The second kappa shape index (κ2) is 8.33. The third-order valence-corrected chi connectivity index (χ3v) is 6.35. The molecule has 2 aliphatic carbocycles. The molecule has 1 aromatic carbocycles. The predicted molar refractivity (Wildman–Crippen MR) is 97.6 cm³/mol. The van der Waals surface area contributed by atoms with E-state index in [9.17, 15) is 8.78 Å². The van der Waals surface area contributed by atoms with Crippen LogP contribution in [0.25, 0.3) is 0 Å². The second-order valence-corrected chi connectivity index (χ2v) is 8.00. The quantitative estimate of drug-likeness (QED) is 0.533. The van der Waals surface area contributed by atoms with E-state index in [2.05, 4.69) is 6.92 Å². The Labute approximate surface area is 150 Å². The summed E-state index contributed by atoms with van der Waals surface area (Å²) in [7, 11) is 0. The van der Waals surface area contributed by atoms with Gasteiger partial charge in [-0.05, 0) is 80.8 Å². The van der Waals surface area contributed by atoms with Gasteiger partial charge < -0.3 is 4.74 Å². The number of benzene rings is 1. The third kappa shape index (κ3) is 4.24. The van der Waals surface area contributed by atoms with Crippen LogP contribution in [0.15, 0.2) is 24.5 Å². The molecule has 3 heteroatoms. The van der Waals surface area contributed by atoms with Gasteiger partial charge in [0.15, 0.2) is 11.6 Å². The van der Waals surface area contributed by atoms with E-state index in [1.807, 2.05) is 0 Å². The lowest BCUT2D eigenvalue weighted by molar-refractivity contribution is 0.164. The fourth-order valence-corrected chi connectivity index (χ4v) is 4.75. The highest BCUT2D eigenvalue weighted by Gasteiger charge is 2.31. The number of halogens is 2. The van der Waals surface area contributed by atoms with E-state index < -0.39 is 11.6 Å². The minimum absolute atomic E-state index is 0.0376. The monoisotopic (exact) mass is 348 g/mol. The van der Waals surface area contributed by atoms with Gasteiger partial charge in [-0.2, -0.15) is 4.39 Å². The minimum Gasteiger partial charge on any atom is -0.462 e. The molecular formula is C22H30F2O. The molecule has 0 spiro atoms. The van der Waals surface area contributed by atoms with Crippen molar-refractivity contribution in [1.82, 2.24) is 0 Å². The summed E-state index contributed by atoms with van der Waals surface area (Å²) in [5.74, 6) is 1.04. The zero-order valence-corrected chi connectivity index (χ0v) is 15.4. The molecule has 2 saturated carbocycles. The molecule has 0 radical (unpaired) electrons. The SMILES string of the molecule is CC=COc1ccc(C2CCC(C3CCC(C)CC3)CC2)c(F)c1F. The molecule has 138 valence electrons. The standard InChI is InChI=1S/C22H30F2O/c1-3-14-25-20-13-12-19(21(23)22(20)24)18-10-8-17(9-11-18)16-6-4-15(2)5-7-16/h3,12-18H,4-11H2,1-2H3. The van der Waals surface area contributed by atoms with Crippen molar-refractivity contribution in [2.24, 2.45) is 17.8 Å².